The van der Waals surface area contributed by atoms with E-state index in [9.17, 15) is 9.18 Å². The standard InChI is InChI=1S/C16H13ClFN3OS/c17-10-5-6-11(12(18)9-10)15(22)19-7-8-20-16-21-13-3-1-2-4-14(13)23-16/h1-6,9H,7-8H2,(H,19,22)(H,20,21). The van der Waals surface area contributed by atoms with Crippen molar-refractivity contribution in [1.29, 1.82) is 0 Å². The fraction of sp³-hybridized carbons (Fsp3) is 0.125. The highest BCUT2D eigenvalue weighted by atomic mass is 35.5. The lowest BCUT2D eigenvalue weighted by molar-refractivity contribution is 0.0951. The van der Waals surface area contributed by atoms with Crippen LogP contribution in [0.5, 0.6) is 0 Å². The SMILES string of the molecule is O=C(NCCNc1nc2ccccc2s1)c1ccc(Cl)cc1F. The maximum Gasteiger partial charge on any atom is 0.254 e. The smallest absolute Gasteiger partial charge is 0.254 e. The summed E-state index contributed by atoms with van der Waals surface area (Å²) in [7, 11) is 0. The van der Waals surface area contributed by atoms with Crippen molar-refractivity contribution < 1.29 is 9.18 Å². The molecule has 2 N–H and O–H groups in total. The molecule has 1 amide bonds. The molecule has 0 saturated carbocycles. The first-order valence-corrected chi connectivity index (χ1v) is 8.15. The molecule has 0 fully saturated rings. The van der Waals surface area contributed by atoms with Crippen molar-refractivity contribution in [3.8, 4) is 0 Å². The second-order valence-corrected chi connectivity index (χ2v) is 6.26. The van der Waals surface area contributed by atoms with Crippen LogP contribution in [0.15, 0.2) is 42.5 Å². The monoisotopic (exact) mass is 349 g/mol. The number of halogens is 2. The number of hydrogen-bond donors (Lipinski definition) is 2. The predicted molar refractivity (Wildman–Crippen MR) is 91.9 cm³/mol. The van der Waals surface area contributed by atoms with Crippen molar-refractivity contribution in [3.63, 3.8) is 0 Å². The van der Waals surface area contributed by atoms with Gasteiger partial charge in [-0.2, -0.15) is 0 Å². The number of hydrogen-bond acceptors (Lipinski definition) is 4. The normalized spacial score (nSPS) is 10.7. The molecular formula is C16H13ClFN3OS. The maximum atomic E-state index is 13.6. The number of para-hydroxylation sites is 1. The Morgan fingerprint density at radius 3 is 2.83 bits per heavy atom. The summed E-state index contributed by atoms with van der Waals surface area (Å²) in [5.41, 5.74) is 0.918. The van der Waals surface area contributed by atoms with Crippen LogP contribution < -0.4 is 10.6 Å². The topological polar surface area (TPSA) is 54.0 Å². The number of nitrogens with zero attached hydrogens (tertiary/aromatic N) is 1. The number of aromatic nitrogens is 1. The van der Waals surface area contributed by atoms with Gasteiger partial charge in [0.15, 0.2) is 5.13 Å². The summed E-state index contributed by atoms with van der Waals surface area (Å²) in [6, 6.07) is 11.8. The lowest BCUT2D eigenvalue weighted by Crippen LogP contribution is -2.29. The van der Waals surface area contributed by atoms with Gasteiger partial charge in [0.2, 0.25) is 0 Å². The van der Waals surface area contributed by atoms with Gasteiger partial charge in [0.05, 0.1) is 15.8 Å². The Balaban J connectivity index is 1.52. The Hall–Kier alpha value is -2.18. The summed E-state index contributed by atoms with van der Waals surface area (Å²) in [6.45, 7) is 0.859. The molecular weight excluding hydrogens is 337 g/mol. The number of nitrogens with one attached hydrogen (secondary N) is 2. The minimum atomic E-state index is -0.630. The Morgan fingerprint density at radius 1 is 1.22 bits per heavy atom. The van der Waals surface area contributed by atoms with E-state index in [-0.39, 0.29) is 10.6 Å². The predicted octanol–water partition coefficient (Wildman–Crippen LogP) is 3.93. The number of anilines is 1. The first-order valence-electron chi connectivity index (χ1n) is 6.96. The third-order valence-corrected chi connectivity index (χ3v) is 4.39. The highest BCUT2D eigenvalue weighted by molar-refractivity contribution is 7.22. The fourth-order valence-corrected chi connectivity index (χ4v) is 3.11. The largest absolute Gasteiger partial charge is 0.360 e. The number of carbonyl (C=O) groups is 1. The van der Waals surface area contributed by atoms with Crippen LogP contribution in [0.25, 0.3) is 10.2 Å². The molecule has 0 aliphatic rings. The van der Waals surface area contributed by atoms with E-state index in [1.807, 2.05) is 24.3 Å². The molecule has 4 nitrogen and oxygen atoms in total. The van der Waals surface area contributed by atoms with Gasteiger partial charge in [0.25, 0.3) is 5.91 Å². The van der Waals surface area contributed by atoms with Crippen LogP contribution in [0.2, 0.25) is 5.02 Å². The highest BCUT2D eigenvalue weighted by Gasteiger charge is 2.11. The van der Waals surface area contributed by atoms with E-state index in [1.54, 1.807) is 11.3 Å². The zero-order valence-corrected chi connectivity index (χ0v) is 13.5. The van der Waals surface area contributed by atoms with Gasteiger partial charge in [-0.1, -0.05) is 35.1 Å². The van der Waals surface area contributed by atoms with Crippen molar-refractivity contribution in [2.45, 2.75) is 0 Å². The van der Waals surface area contributed by atoms with Crippen LogP contribution in [-0.2, 0) is 0 Å². The second kappa shape index (κ2) is 6.93. The van der Waals surface area contributed by atoms with E-state index in [0.717, 1.165) is 21.4 Å². The number of thiazole rings is 1. The molecule has 1 heterocycles. The second-order valence-electron chi connectivity index (χ2n) is 4.79. The molecule has 0 aliphatic heterocycles. The van der Waals surface area contributed by atoms with Gasteiger partial charge in [0.1, 0.15) is 5.82 Å². The molecule has 0 radical (unpaired) electrons. The van der Waals surface area contributed by atoms with E-state index in [1.165, 1.54) is 12.1 Å². The molecule has 7 heteroatoms. The van der Waals surface area contributed by atoms with E-state index < -0.39 is 11.7 Å². The lowest BCUT2D eigenvalue weighted by atomic mass is 10.2. The van der Waals surface area contributed by atoms with Crippen molar-refractivity contribution in [1.82, 2.24) is 10.3 Å². The van der Waals surface area contributed by atoms with Gasteiger partial charge in [-0.3, -0.25) is 4.79 Å². The van der Waals surface area contributed by atoms with Gasteiger partial charge < -0.3 is 10.6 Å². The zero-order chi connectivity index (χ0) is 16.2. The Bertz CT molecular complexity index is 819. The van der Waals surface area contributed by atoms with Crippen LogP contribution >= 0.6 is 22.9 Å². The Labute approximate surface area is 141 Å². The summed E-state index contributed by atoms with van der Waals surface area (Å²) < 4.78 is 14.7. The van der Waals surface area contributed by atoms with Crippen molar-refractivity contribution in [2.24, 2.45) is 0 Å². The minimum Gasteiger partial charge on any atom is -0.360 e. The summed E-state index contributed by atoms with van der Waals surface area (Å²) >= 11 is 7.21. The van der Waals surface area contributed by atoms with Gasteiger partial charge in [-0.15, -0.1) is 0 Å². The van der Waals surface area contributed by atoms with E-state index in [2.05, 4.69) is 15.6 Å². The van der Waals surface area contributed by atoms with Crippen LogP contribution in [0.1, 0.15) is 10.4 Å². The van der Waals surface area contributed by atoms with Crippen LogP contribution in [0.3, 0.4) is 0 Å². The maximum absolute atomic E-state index is 13.6. The van der Waals surface area contributed by atoms with E-state index in [4.69, 9.17) is 11.6 Å². The van der Waals surface area contributed by atoms with Crippen molar-refractivity contribution in [3.05, 3.63) is 58.9 Å². The molecule has 0 spiro atoms. The third-order valence-electron chi connectivity index (χ3n) is 3.16. The van der Waals surface area contributed by atoms with Crippen molar-refractivity contribution >= 4 is 44.2 Å². The number of rotatable bonds is 5. The van der Waals surface area contributed by atoms with Gasteiger partial charge >= 0.3 is 0 Å². The number of amides is 1. The first-order chi connectivity index (χ1) is 11.1. The molecule has 0 bridgehead atoms. The molecule has 3 rings (SSSR count). The average Bonchev–Trinajstić information content (AvgIpc) is 2.94. The molecule has 3 aromatic rings. The molecule has 1 aromatic heterocycles. The average molecular weight is 350 g/mol. The van der Waals surface area contributed by atoms with E-state index >= 15 is 0 Å². The third kappa shape index (κ3) is 3.78. The summed E-state index contributed by atoms with van der Waals surface area (Å²) in [5, 5.41) is 6.85. The summed E-state index contributed by atoms with van der Waals surface area (Å²) in [5.74, 6) is -1.10. The number of fused-ring (bicyclic) bond motifs is 1. The Morgan fingerprint density at radius 2 is 2.04 bits per heavy atom. The van der Waals surface area contributed by atoms with E-state index in [0.29, 0.717) is 13.1 Å². The first kappa shape index (κ1) is 15.7. The van der Waals surface area contributed by atoms with Crippen LogP contribution in [0, 0.1) is 5.82 Å². The molecule has 0 saturated heterocycles. The summed E-state index contributed by atoms with van der Waals surface area (Å²) in [4.78, 5) is 16.3. The quantitative estimate of drug-likeness (QED) is 0.686. The van der Waals surface area contributed by atoms with Gasteiger partial charge in [0, 0.05) is 18.1 Å². The van der Waals surface area contributed by atoms with Gasteiger partial charge in [-0.25, -0.2) is 9.37 Å². The minimum absolute atomic E-state index is 0.0191. The molecule has 0 atom stereocenters. The molecule has 0 unspecified atom stereocenters. The van der Waals surface area contributed by atoms with Crippen LogP contribution in [-0.4, -0.2) is 24.0 Å². The van der Waals surface area contributed by atoms with Crippen LogP contribution in [0.4, 0.5) is 9.52 Å². The zero-order valence-electron chi connectivity index (χ0n) is 12.0. The fourth-order valence-electron chi connectivity index (χ4n) is 2.06. The lowest BCUT2D eigenvalue weighted by Gasteiger charge is -2.07. The van der Waals surface area contributed by atoms with Crippen molar-refractivity contribution in [2.75, 3.05) is 18.4 Å². The number of carbonyl (C=O) groups excluding carboxylic acids is 1. The molecule has 2 aromatic carbocycles. The summed E-state index contributed by atoms with van der Waals surface area (Å²) in [6.07, 6.45) is 0. The number of benzene rings is 2. The molecule has 0 aliphatic carbocycles. The Kier molecular flexibility index (Phi) is 4.73. The highest BCUT2D eigenvalue weighted by Crippen LogP contribution is 2.24. The molecule has 118 valence electrons. The molecule has 23 heavy (non-hydrogen) atoms. The van der Waals surface area contributed by atoms with Gasteiger partial charge in [-0.05, 0) is 30.3 Å².